The second-order valence-corrected chi connectivity index (χ2v) is 29.1. The lowest BCUT2D eigenvalue weighted by Gasteiger charge is -2.44. The molecule has 0 bridgehead atoms. The van der Waals surface area contributed by atoms with E-state index in [1.54, 1.807) is 0 Å². The topological polar surface area (TPSA) is 27.7 Å². The zero-order chi connectivity index (χ0) is 29.2. The summed E-state index contributed by atoms with van der Waals surface area (Å²) in [6, 6.07) is 23.9. The van der Waals surface area contributed by atoms with Gasteiger partial charge in [0, 0.05) is 0 Å². The van der Waals surface area contributed by atoms with Crippen LogP contribution in [-0.2, 0) is 12.3 Å². The average molecular weight is 603 g/mol. The summed E-state index contributed by atoms with van der Waals surface area (Å²) in [6.07, 6.45) is 7.50. The van der Waals surface area contributed by atoms with E-state index in [1.165, 1.54) is 54.9 Å². The summed E-state index contributed by atoms with van der Waals surface area (Å²) >= 11 is 0. The van der Waals surface area contributed by atoms with Gasteiger partial charge in [-0.05, 0) is 73.6 Å². The molecule has 3 nitrogen and oxygen atoms in total. The Kier molecular flexibility index (Phi) is 13.6. The lowest BCUT2D eigenvalue weighted by molar-refractivity contribution is 0.338. The van der Waals surface area contributed by atoms with Gasteiger partial charge in [0.25, 0.3) is 0 Å². The van der Waals surface area contributed by atoms with Crippen LogP contribution in [0.25, 0.3) is 0 Å². The Labute approximate surface area is 245 Å². The smallest absolute Gasteiger partial charge is 0.388 e. The molecular weight excluding hydrogens is 545 g/mol. The van der Waals surface area contributed by atoms with Crippen LogP contribution in [0.15, 0.2) is 60.7 Å². The molecule has 0 saturated carbocycles. The van der Waals surface area contributed by atoms with E-state index in [1.807, 2.05) is 0 Å². The third kappa shape index (κ3) is 11.5. The molecule has 2 atom stereocenters. The molecule has 7 heteroatoms. The molecule has 0 radical (unpaired) electrons. The molecule has 2 rings (SSSR count). The Morgan fingerprint density at radius 1 is 0.564 bits per heavy atom. The maximum absolute atomic E-state index is 7.52. The van der Waals surface area contributed by atoms with Crippen molar-refractivity contribution in [1.82, 2.24) is 0 Å². The Morgan fingerprint density at radius 3 is 1.33 bits per heavy atom. The fourth-order valence-electron chi connectivity index (χ4n) is 5.42. The number of hydrogen-bond donors (Lipinski definition) is 0. The summed E-state index contributed by atoms with van der Waals surface area (Å²) in [5, 5.41) is 2.39. The van der Waals surface area contributed by atoms with E-state index >= 15 is 0 Å². The predicted molar refractivity (Wildman–Crippen MR) is 181 cm³/mol. The Balaban J connectivity index is 2.43. The maximum Gasteiger partial charge on any atom is 0.388 e. The quantitative estimate of drug-likeness (QED) is 0.159. The second kappa shape index (κ2) is 15.4. The van der Waals surface area contributed by atoms with Crippen molar-refractivity contribution in [3.05, 3.63) is 60.7 Å². The van der Waals surface area contributed by atoms with Crippen molar-refractivity contribution < 1.29 is 12.3 Å². The Hall–Kier alpha value is -0.812. The molecule has 0 aromatic heterocycles. The highest BCUT2D eigenvalue weighted by molar-refractivity contribution is 7.02. The number of benzene rings is 2. The molecule has 0 fully saturated rings. The predicted octanol–water partition coefficient (Wildman–Crippen LogP) is 9.06. The van der Waals surface area contributed by atoms with Gasteiger partial charge < -0.3 is 12.3 Å². The van der Waals surface area contributed by atoms with Gasteiger partial charge in [0.1, 0.15) is 0 Å². The van der Waals surface area contributed by atoms with Crippen LogP contribution in [-0.4, -0.2) is 33.8 Å². The van der Waals surface area contributed by atoms with Gasteiger partial charge in [-0.1, -0.05) is 127 Å². The molecule has 220 valence electrons. The molecular formula is C32H58O3Si4. The number of hydrogen-bond acceptors (Lipinski definition) is 3. The van der Waals surface area contributed by atoms with E-state index in [9.17, 15) is 0 Å². The van der Waals surface area contributed by atoms with Crippen molar-refractivity contribution in [2.75, 3.05) is 0 Å². The molecule has 2 aromatic carbocycles. The maximum atomic E-state index is 7.52. The lowest BCUT2D eigenvalue weighted by Crippen LogP contribution is -2.71. The van der Waals surface area contributed by atoms with Gasteiger partial charge in [-0.15, -0.1) is 0 Å². The summed E-state index contributed by atoms with van der Waals surface area (Å²) in [6.45, 7) is 23.4. The third-order valence-corrected chi connectivity index (χ3v) is 23.9. The first-order valence-electron chi connectivity index (χ1n) is 15.5. The first kappa shape index (κ1) is 34.4. The van der Waals surface area contributed by atoms with E-state index in [0.717, 1.165) is 17.9 Å². The highest BCUT2D eigenvalue weighted by atomic mass is 28.5. The first-order valence-corrected chi connectivity index (χ1v) is 26.3. The average Bonchev–Trinajstić information content (AvgIpc) is 2.87. The van der Waals surface area contributed by atoms with Crippen LogP contribution in [0.1, 0.15) is 66.2 Å². The van der Waals surface area contributed by atoms with Crippen molar-refractivity contribution in [3.8, 4) is 0 Å². The fraction of sp³-hybridized carbons (Fsp3) is 0.625. The van der Waals surface area contributed by atoms with Crippen LogP contribution >= 0.6 is 0 Å². The third-order valence-electron chi connectivity index (χ3n) is 7.98. The van der Waals surface area contributed by atoms with E-state index in [4.69, 9.17) is 12.3 Å². The SMILES string of the molecule is CCC(C)CCC[Si](C)(C)O[Si](C)(C)O[Si](O[Si](C)(C)CCCC(C)CC)(c1ccccc1)c1ccccc1. The minimum Gasteiger partial charge on any atom is -0.436 e. The molecule has 2 aromatic rings. The highest BCUT2D eigenvalue weighted by Crippen LogP contribution is 2.29. The Morgan fingerprint density at radius 2 is 0.949 bits per heavy atom. The van der Waals surface area contributed by atoms with E-state index < -0.39 is 33.8 Å². The van der Waals surface area contributed by atoms with Gasteiger partial charge in [-0.3, -0.25) is 0 Å². The molecule has 0 aliphatic carbocycles. The molecule has 0 aliphatic heterocycles. The minimum absolute atomic E-state index is 0.767. The zero-order valence-corrected chi connectivity index (χ0v) is 30.8. The molecule has 39 heavy (non-hydrogen) atoms. The van der Waals surface area contributed by atoms with Crippen LogP contribution in [0.2, 0.25) is 51.4 Å². The van der Waals surface area contributed by atoms with Crippen LogP contribution < -0.4 is 10.4 Å². The van der Waals surface area contributed by atoms with E-state index in [-0.39, 0.29) is 0 Å². The van der Waals surface area contributed by atoms with Crippen LogP contribution in [0.4, 0.5) is 0 Å². The molecule has 0 aliphatic rings. The normalized spacial score (nSPS) is 14.8. The first-order chi connectivity index (χ1) is 18.2. The van der Waals surface area contributed by atoms with E-state index in [2.05, 4.69) is 128 Å². The van der Waals surface area contributed by atoms with Crippen LogP contribution in [0.3, 0.4) is 0 Å². The number of rotatable bonds is 18. The molecule has 0 spiro atoms. The van der Waals surface area contributed by atoms with E-state index in [0.29, 0.717) is 0 Å². The Bertz CT molecular complexity index is 911. The molecule has 0 heterocycles. The largest absolute Gasteiger partial charge is 0.436 e. The van der Waals surface area contributed by atoms with Gasteiger partial charge in [0.05, 0.1) is 0 Å². The van der Waals surface area contributed by atoms with Crippen molar-refractivity contribution >= 4 is 44.1 Å². The summed E-state index contributed by atoms with van der Waals surface area (Å²) in [4.78, 5) is 0. The molecule has 0 saturated heterocycles. The lowest BCUT2D eigenvalue weighted by atomic mass is 10.0. The molecule has 2 unspecified atom stereocenters. The summed E-state index contributed by atoms with van der Waals surface area (Å²) in [5.41, 5.74) is 0. The van der Waals surface area contributed by atoms with Crippen LogP contribution in [0.5, 0.6) is 0 Å². The minimum atomic E-state index is -3.04. The summed E-state index contributed by atoms with van der Waals surface area (Å²) in [7, 11) is -9.56. The summed E-state index contributed by atoms with van der Waals surface area (Å²) in [5.74, 6) is 1.55. The van der Waals surface area contributed by atoms with Gasteiger partial charge in [0.15, 0.2) is 16.6 Å². The van der Waals surface area contributed by atoms with Crippen molar-refractivity contribution in [1.29, 1.82) is 0 Å². The fourth-order valence-corrected chi connectivity index (χ4v) is 24.1. The molecule has 0 N–H and O–H groups in total. The molecule has 0 amide bonds. The van der Waals surface area contributed by atoms with Gasteiger partial charge in [-0.2, -0.15) is 0 Å². The van der Waals surface area contributed by atoms with Gasteiger partial charge in [-0.25, -0.2) is 0 Å². The van der Waals surface area contributed by atoms with Gasteiger partial charge in [0.2, 0.25) is 0 Å². The van der Waals surface area contributed by atoms with Gasteiger partial charge >= 0.3 is 17.1 Å². The monoisotopic (exact) mass is 602 g/mol. The second-order valence-electron chi connectivity index (χ2n) is 13.4. The van der Waals surface area contributed by atoms with Crippen molar-refractivity contribution in [2.45, 2.75) is 118 Å². The van der Waals surface area contributed by atoms with Crippen molar-refractivity contribution in [3.63, 3.8) is 0 Å². The zero-order valence-electron chi connectivity index (χ0n) is 26.8. The van der Waals surface area contributed by atoms with Crippen molar-refractivity contribution in [2.24, 2.45) is 11.8 Å². The highest BCUT2D eigenvalue weighted by Gasteiger charge is 2.52. The summed E-state index contributed by atoms with van der Waals surface area (Å²) < 4.78 is 22.1. The standard InChI is InChI=1S/C32H58O3Si4/c1-11-29(3)21-19-27-36(5,6)33-38(9,10)35-39(31-23-15-13-16-24-31,32-25-17-14-18-26-32)34-37(7,8)28-20-22-30(4)12-2/h13-18,23-26,29-30H,11-12,19-22,27-28H2,1-10H3. The van der Waals surface area contributed by atoms with Crippen LogP contribution in [0, 0.1) is 11.8 Å².